The Kier molecular flexibility index (Phi) is 3.41. The molecule has 2 rings (SSSR count). The molecule has 4 heteroatoms. The summed E-state index contributed by atoms with van der Waals surface area (Å²) < 4.78 is 15.7. The molecule has 1 heterocycles. The fourth-order valence-corrected chi connectivity index (χ4v) is 1.56. The zero-order valence-electron chi connectivity index (χ0n) is 9.19. The molecule has 1 aliphatic rings. The molecule has 0 N–H and O–H groups in total. The van der Waals surface area contributed by atoms with E-state index in [1.807, 2.05) is 0 Å². The number of methoxy groups -OCH3 is 1. The molecule has 0 bridgehead atoms. The maximum atomic E-state index is 11.7. The summed E-state index contributed by atoms with van der Waals surface area (Å²) >= 11 is 0. The van der Waals surface area contributed by atoms with Crippen LogP contribution < -0.4 is 9.47 Å². The van der Waals surface area contributed by atoms with E-state index < -0.39 is 0 Å². The number of Topliss-reactive ketones (excluding diaryl/α,β-unsaturated/α-hetero) is 1. The smallest absolute Gasteiger partial charge is 0.165 e. The first-order valence-electron chi connectivity index (χ1n) is 5.23. The van der Waals surface area contributed by atoms with Crippen molar-refractivity contribution in [2.75, 3.05) is 26.9 Å². The molecule has 0 unspecified atom stereocenters. The van der Waals surface area contributed by atoms with Crippen molar-refractivity contribution in [2.45, 2.75) is 6.42 Å². The molecule has 0 radical (unpaired) electrons. The number of carbonyl (C=O) groups excluding carboxylic acids is 1. The van der Waals surface area contributed by atoms with Crippen molar-refractivity contribution < 1.29 is 19.0 Å². The van der Waals surface area contributed by atoms with Crippen LogP contribution in [-0.4, -0.2) is 32.7 Å². The second-order valence-electron chi connectivity index (χ2n) is 3.52. The van der Waals surface area contributed by atoms with Gasteiger partial charge in [0, 0.05) is 19.1 Å². The summed E-state index contributed by atoms with van der Waals surface area (Å²) in [5.41, 5.74) is 0.640. The molecule has 0 spiro atoms. The predicted octanol–water partition coefficient (Wildman–Crippen LogP) is 1.68. The highest BCUT2D eigenvalue weighted by Crippen LogP contribution is 2.30. The minimum Gasteiger partial charge on any atom is -0.486 e. The molecule has 1 aromatic rings. The summed E-state index contributed by atoms with van der Waals surface area (Å²) in [5, 5.41) is 0. The van der Waals surface area contributed by atoms with E-state index in [0.29, 0.717) is 43.3 Å². The number of benzene rings is 1. The zero-order valence-corrected chi connectivity index (χ0v) is 9.19. The van der Waals surface area contributed by atoms with Crippen LogP contribution in [0.15, 0.2) is 18.2 Å². The van der Waals surface area contributed by atoms with Gasteiger partial charge < -0.3 is 14.2 Å². The fourth-order valence-electron chi connectivity index (χ4n) is 1.56. The Morgan fingerprint density at radius 1 is 1.31 bits per heavy atom. The van der Waals surface area contributed by atoms with Crippen LogP contribution in [0.3, 0.4) is 0 Å². The van der Waals surface area contributed by atoms with E-state index in [0.717, 1.165) is 0 Å². The van der Waals surface area contributed by atoms with Crippen molar-refractivity contribution in [3.8, 4) is 11.5 Å². The van der Waals surface area contributed by atoms with Gasteiger partial charge in [0.1, 0.15) is 13.2 Å². The van der Waals surface area contributed by atoms with E-state index in [-0.39, 0.29) is 5.78 Å². The SMILES string of the molecule is COCCC(=O)c1ccc2c(c1)OCCO2. The second kappa shape index (κ2) is 4.99. The van der Waals surface area contributed by atoms with Crippen molar-refractivity contribution in [1.82, 2.24) is 0 Å². The van der Waals surface area contributed by atoms with Crippen molar-refractivity contribution in [1.29, 1.82) is 0 Å². The van der Waals surface area contributed by atoms with Crippen molar-refractivity contribution >= 4 is 5.78 Å². The highest BCUT2D eigenvalue weighted by Gasteiger charge is 2.14. The van der Waals surface area contributed by atoms with E-state index in [1.54, 1.807) is 25.3 Å². The van der Waals surface area contributed by atoms with E-state index in [1.165, 1.54) is 0 Å². The summed E-state index contributed by atoms with van der Waals surface area (Å²) in [6.45, 7) is 1.53. The molecule has 0 amide bonds. The number of carbonyl (C=O) groups is 1. The molecule has 0 saturated heterocycles. The first kappa shape index (κ1) is 11.0. The lowest BCUT2D eigenvalue weighted by atomic mass is 10.1. The molecular formula is C12H14O4. The molecule has 0 saturated carbocycles. The van der Waals surface area contributed by atoms with Gasteiger partial charge in [-0.1, -0.05) is 0 Å². The van der Waals surface area contributed by atoms with E-state index in [9.17, 15) is 4.79 Å². The summed E-state index contributed by atoms with van der Waals surface area (Å²) in [6, 6.07) is 5.26. The molecule has 0 fully saturated rings. The van der Waals surface area contributed by atoms with Gasteiger partial charge in [0.2, 0.25) is 0 Å². The molecule has 16 heavy (non-hydrogen) atoms. The number of rotatable bonds is 4. The Bertz CT molecular complexity index is 387. The lowest BCUT2D eigenvalue weighted by Crippen LogP contribution is -2.16. The Balaban J connectivity index is 2.13. The minimum absolute atomic E-state index is 0.0545. The lowest BCUT2D eigenvalue weighted by molar-refractivity contribution is 0.0931. The number of ketones is 1. The van der Waals surface area contributed by atoms with Crippen LogP contribution >= 0.6 is 0 Å². The lowest BCUT2D eigenvalue weighted by Gasteiger charge is -2.18. The molecule has 1 aromatic carbocycles. The van der Waals surface area contributed by atoms with Gasteiger partial charge in [-0.3, -0.25) is 4.79 Å². The second-order valence-corrected chi connectivity index (χ2v) is 3.52. The topological polar surface area (TPSA) is 44.8 Å². The highest BCUT2D eigenvalue weighted by atomic mass is 16.6. The molecular weight excluding hydrogens is 208 g/mol. The number of ether oxygens (including phenoxy) is 3. The average molecular weight is 222 g/mol. The van der Waals surface area contributed by atoms with Gasteiger partial charge in [0.05, 0.1) is 6.61 Å². The van der Waals surface area contributed by atoms with Crippen LogP contribution in [0.2, 0.25) is 0 Å². The van der Waals surface area contributed by atoms with Crippen LogP contribution in [0.1, 0.15) is 16.8 Å². The average Bonchev–Trinajstić information content (AvgIpc) is 2.35. The normalized spacial score (nSPS) is 13.6. The standard InChI is InChI=1S/C12H14O4/c1-14-5-4-10(13)9-2-3-11-12(8-9)16-7-6-15-11/h2-3,8H,4-7H2,1H3. The van der Waals surface area contributed by atoms with Crippen LogP contribution in [0.5, 0.6) is 11.5 Å². The van der Waals surface area contributed by atoms with Crippen LogP contribution in [0, 0.1) is 0 Å². The van der Waals surface area contributed by atoms with E-state index in [2.05, 4.69) is 0 Å². The van der Waals surface area contributed by atoms with Gasteiger partial charge in [0.15, 0.2) is 17.3 Å². The summed E-state index contributed by atoms with van der Waals surface area (Å²) in [4.78, 5) is 11.7. The monoisotopic (exact) mass is 222 g/mol. The Hall–Kier alpha value is -1.55. The molecule has 0 aliphatic carbocycles. The molecule has 0 aromatic heterocycles. The summed E-state index contributed by atoms with van der Waals surface area (Å²) in [5.74, 6) is 1.41. The van der Waals surface area contributed by atoms with Crippen LogP contribution in [-0.2, 0) is 4.74 Å². The van der Waals surface area contributed by atoms with E-state index >= 15 is 0 Å². The first-order valence-corrected chi connectivity index (χ1v) is 5.23. The van der Waals surface area contributed by atoms with Gasteiger partial charge in [-0.2, -0.15) is 0 Å². The van der Waals surface area contributed by atoms with Gasteiger partial charge >= 0.3 is 0 Å². The molecule has 0 atom stereocenters. The van der Waals surface area contributed by atoms with Crippen molar-refractivity contribution in [3.63, 3.8) is 0 Å². The first-order chi connectivity index (χ1) is 7.81. The van der Waals surface area contributed by atoms with E-state index in [4.69, 9.17) is 14.2 Å². The van der Waals surface area contributed by atoms with Crippen LogP contribution in [0.4, 0.5) is 0 Å². The maximum Gasteiger partial charge on any atom is 0.165 e. The molecule has 4 nitrogen and oxygen atoms in total. The number of fused-ring (bicyclic) bond motifs is 1. The summed E-state index contributed by atoms with van der Waals surface area (Å²) in [6.07, 6.45) is 0.385. The highest BCUT2D eigenvalue weighted by molar-refractivity contribution is 5.96. The Morgan fingerprint density at radius 3 is 2.81 bits per heavy atom. The zero-order chi connectivity index (χ0) is 11.4. The van der Waals surface area contributed by atoms with Gasteiger partial charge in [-0.05, 0) is 18.2 Å². The largest absolute Gasteiger partial charge is 0.486 e. The third kappa shape index (κ3) is 2.33. The molecule has 1 aliphatic heterocycles. The van der Waals surface area contributed by atoms with Gasteiger partial charge in [-0.25, -0.2) is 0 Å². The quantitative estimate of drug-likeness (QED) is 0.727. The third-order valence-corrected chi connectivity index (χ3v) is 2.40. The Labute approximate surface area is 94.1 Å². The molecule has 86 valence electrons. The third-order valence-electron chi connectivity index (χ3n) is 2.40. The van der Waals surface area contributed by atoms with Crippen molar-refractivity contribution in [3.05, 3.63) is 23.8 Å². The summed E-state index contributed by atoms with van der Waals surface area (Å²) in [7, 11) is 1.58. The fraction of sp³-hybridized carbons (Fsp3) is 0.417. The van der Waals surface area contributed by atoms with Gasteiger partial charge in [-0.15, -0.1) is 0 Å². The predicted molar refractivity (Wildman–Crippen MR) is 58.3 cm³/mol. The number of hydrogen-bond donors (Lipinski definition) is 0. The van der Waals surface area contributed by atoms with Gasteiger partial charge in [0.25, 0.3) is 0 Å². The number of hydrogen-bond acceptors (Lipinski definition) is 4. The Morgan fingerprint density at radius 2 is 2.06 bits per heavy atom. The maximum absolute atomic E-state index is 11.7. The van der Waals surface area contributed by atoms with Crippen LogP contribution in [0.25, 0.3) is 0 Å². The minimum atomic E-state index is 0.0545. The van der Waals surface area contributed by atoms with Crippen molar-refractivity contribution in [2.24, 2.45) is 0 Å².